The van der Waals surface area contributed by atoms with E-state index in [1.807, 2.05) is 18.2 Å². The molecule has 0 heterocycles. The van der Waals surface area contributed by atoms with Gasteiger partial charge in [0.1, 0.15) is 13.1 Å². The normalized spacial score (nSPS) is 14.0. The Labute approximate surface area is 148 Å². The van der Waals surface area contributed by atoms with Gasteiger partial charge in [0, 0.05) is 5.69 Å². The summed E-state index contributed by atoms with van der Waals surface area (Å²) in [7, 11) is 0. The van der Waals surface area contributed by atoms with E-state index in [0.29, 0.717) is 0 Å². The van der Waals surface area contributed by atoms with Gasteiger partial charge in [-0.25, -0.2) is 4.99 Å². The zero-order chi connectivity index (χ0) is 16.2. The van der Waals surface area contributed by atoms with Crippen molar-refractivity contribution < 1.29 is 18.0 Å². The molecular formula is C14H18F3IN4O. The maximum Gasteiger partial charge on any atom is 0.405 e. The number of carbonyl (C=O) groups excluding carboxylic acids is 1. The summed E-state index contributed by atoms with van der Waals surface area (Å²) in [6, 6.07) is 5.83. The molecule has 0 fully saturated rings. The standard InChI is InChI=1S/C14H17F3N4O.HI/c15-14(16,17)8-20-12(22)7-19-13(18)21-11-5-4-9-2-1-3-10(9)6-11;/h4-6H,1-3,7-8H2,(H,20,22)(H3,18,19,21);1H. The van der Waals surface area contributed by atoms with Crippen molar-refractivity contribution in [2.45, 2.75) is 25.4 Å². The molecular weight excluding hydrogens is 424 g/mol. The van der Waals surface area contributed by atoms with Crippen molar-refractivity contribution in [3.63, 3.8) is 0 Å². The van der Waals surface area contributed by atoms with Gasteiger partial charge in [0.15, 0.2) is 5.96 Å². The van der Waals surface area contributed by atoms with Crippen LogP contribution in [0.4, 0.5) is 18.9 Å². The Kier molecular flexibility index (Phi) is 7.10. The first-order valence-corrected chi connectivity index (χ1v) is 6.86. The molecule has 1 aliphatic carbocycles. The monoisotopic (exact) mass is 442 g/mol. The largest absolute Gasteiger partial charge is 0.405 e. The average Bonchev–Trinajstić information content (AvgIpc) is 2.89. The molecule has 0 saturated carbocycles. The summed E-state index contributed by atoms with van der Waals surface area (Å²) in [4.78, 5) is 14.9. The Balaban J connectivity index is 0.00000264. The number of aryl methyl sites for hydroxylation is 2. The fourth-order valence-electron chi connectivity index (χ4n) is 2.25. The van der Waals surface area contributed by atoms with Crippen LogP contribution in [-0.4, -0.2) is 31.1 Å². The number of nitrogens with two attached hydrogens (primary N) is 1. The van der Waals surface area contributed by atoms with Crippen LogP contribution in [0.25, 0.3) is 0 Å². The molecule has 0 radical (unpaired) electrons. The topological polar surface area (TPSA) is 79.5 Å². The summed E-state index contributed by atoms with van der Waals surface area (Å²) >= 11 is 0. The summed E-state index contributed by atoms with van der Waals surface area (Å²) in [6.07, 6.45) is -1.23. The van der Waals surface area contributed by atoms with E-state index in [9.17, 15) is 18.0 Å². The Hall–Kier alpha value is -1.52. The van der Waals surface area contributed by atoms with Crippen LogP contribution in [0, 0.1) is 0 Å². The quantitative estimate of drug-likeness (QED) is 0.380. The summed E-state index contributed by atoms with van der Waals surface area (Å²) < 4.78 is 35.8. The van der Waals surface area contributed by atoms with E-state index >= 15 is 0 Å². The van der Waals surface area contributed by atoms with Gasteiger partial charge < -0.3 is 16.4 Å². The minimum atomic E-state index is -4.44. The maximum atomic E-state index is 11.9. The number of benzene rings is 1. The summed E-state index contributed by atoms with van der Waals surface area (Å²) in [5.41, 5.74) is 8.93. The molecule has 1 aliphatic rings. The lowest BCUT2D eigenvalue weighted by atomic mass is 10.1. The third-order valence-corrected chi connectivity index (χ3v) is 3.25. The van der Waals surface area contributed by atoms with Crippen LogP contribution in [0.3, 0.4) is 0 Å². The number of guanidine groups is 1. The van der Waals surface area contributed by atoms with Crippen LogP contribution >= 0.6 is 24.0 Å². The van der Waals surface area contributed by atoms with Crippen LogP contribution < -0.4 is 16.4 Å². The van der Waals surface area contributed by atoms with E-state index in [2.05, 4.69) is 10.3 Å². The number of amides is 1. The van der Waals surface area contributed by atoms with Gasteiger partial charge in [-0.3, -0.25) is 4.79 Å². The number of carbonyl (C=O) groups is 1. The molecule has 0 atom stereocenters. The summed E-state index contributed by atoms with van der Waals surface area (Å²) in [5.74, 6) is -0.851. The number of fused-ring (bicyclic) bond motifs is 1. The lowest BCUT2D eigenvalue weighted by molar-refractivity contribution is -0.137. The minimum absolute atomic E-state index is 0. The van der Waals surface area contributed by atoms with E-state index in [0.717, 1.165) is 24.9 Å². The van der Waals surface area contributed by atoms with Gasteiger partial charge in [-0.1, -0.05) is 6.07 Å². The van der Waals surface area contributed by atoms with E-state index in [4.69, 9.17) is 5.73 Å². The van der Waals surface area contributed by atoms with Crippen molar-refractivity contribution >= 4 is 41.5 Å². The molecule has 0 spiro atoms. The second kappa shape index (κ2) is 8.37. The van der Waals surface area contributed by atoms with Crippen molar-refractivity contribution in [1.29, 1.82) is 0 Å². The first kappa shape index (κ1) is 19.5. The van der Waals surface area contributed by atoms with Crippen LogP contribution in [0.15, 0.2) is 23.2 Å². The van der Waals surface area contributed by atoms with Crippen LogP contribution in [-0.2, 0) is 17.6 Å². The predicted molar refractivity (Wildman–Crippen MR) is 93.1 cm³/mol. The number of hydrogen-bond donors (Lipinski definition) is 3. The Morgan fingerprint density at radius 3 is 2.65 bits per heavy atom. The lowest BCUT2D eigenvalue weighted by Gasteiger charge is -2.09. The van der Waals surface area contributed by atoms with Gasteiger partial charge in [-0.2, -0.15) is 13.2 Å². The Morgan fingerprint density at radius 2 is 1.96 bits per heavy atom. The molecule has 0 aliphatic heterocycles. The number of nitrogens with zero attached hydrogens (tertiary/aromatic N) is 1. The van der Waals surface area contributed by atoms with Gasteiger partial charge >= 0.3 is 6.18 Å². The third-order valence-electron chi connectivity index (χ3n) is 3.25. The molecule has 1 amide bonds. The van der Waals surface area contributed by atoms with E-state index < -0.39 is 25.2 Å². The van der Waals surface area contributed by atoms with E-state index in [1.165, 1.54) is 11.1 Å². The summed E-state index contributed by atoms with van der Waals surface area (Å²) in [5, 5.41) is 4.55. The van der Waals surface area contributed by atoms with Gasteiger partial charge in [0.2, 0.25) is 5.91 Å². The Morgan fingerprint density at radius 1 is 1.26 bits per heavy atom. The van der Waals surface area contributed by atoms with Crippen molar-refractivity contribution in [3.05, 3.63) is 29.3 Å². The number of halogens is 4. The van der Waals surface area contributed by atoms with Crippen molar-refractivity contribution in [2.24, 2.45) is 10.7 Å². The van der Waals surface area contributed by atoms with Crippen LogP contribution in [0.1, 0.15) is 17.5 Å². The Bertz CT molecular complexity index is 590. The molecule has 0 unspecified atom stereocenters. The fourth-order valence-corrected chi connectivity index (χ4v) is 2.25. The average molecular weight is 442 g/mol. The fraction of sp³-hybridized carbons (Fsp3) is 0.429. The molecule has 23 heavy (non-hydrogen) atoms. The molecule has 9 heteroatoms. The number of nitrogens with one attached hydrogen (secondary N) is 2. The molecule has 4 N–H and O–H groups in total. The zero-order valence-electron chi connectivity index (χ0n) is 12.2. The first-order valence-electron chi connectivity index (χ1n) is 6.86. The van der Waals surface area contributed by atoms with Crippen LogP contribution in [0.2, 0.25) is 0 Å². The second-order valence-corrected chi connectivity index (χ2v) is 5.06. The lowest BCUT2D eigenvalue weighted by Crippen LogP contribution is -2.35. The van der Waals surface area contributed by atoms with Gasteiger partial charge in [0.05, 0.1) is 0 Å². The maximum absolute atomic E-state index is 11.9. The number of alkyl halides is 3. The molecule has 128 valence electrons. The van der Waals surface area contributed by atoms with Crippen molar-refractivity contribution in [1.82, 2.24) is 5.32 Å². The number of hydrogen-bond acceptors (Lipinski definition) is 2. The van der Waals surface area contributed by atoms with Crippen molar-refractivity contribution in [2.75, 3.05) is 18.4 Å². The number of anilines is 1. The highest BCUT2D eigenvalue weighted by Gasteiger charge is 2.27. The van der Waals surface area contributed by atoms with E-state index in [-0.39, 0.29) is 29.9 Å². The molecule has 0 aromatic heterocycles. The second-order valence-electron chi connectivity index (χ2n) is 5.06. The number of rotatable bonds is 4. The molecule has 5 nitrogen and oxygen atoms in total. The highest BCUT2D eigenvalue weighted by Crippen LogP contribution is 2.24. The van der Waals surface area contributed by atoms with Gasteiger partial charge in [0.25, 0.3) is 0 Å². The highest BCUT2D eigenvalue weighted by atomic mass is 127. The summed E-state index contributed by atoms with van der Waals surface area (Å²) in [6.45, 7) is -1.83. The predicted octanol–water partition coefficient (Wildman–Crippen LogP) is 2.20. The van der Waals surface area contributed by atoms with E-state index in [1.54, 1.807) is 5.32 Å². The highest BCUT2D eigenvalue weighted by molar-refractivity contribution is 14.0. The molecule has 0 bridgehead atoms. The molecule has 1 aromatic carbocycles. The number of aliphatic imine (C=N–C) groups is 1. The first-order chi connectivity index (χ1) is 10.3. The molecule has 0 saturated heterocycles. The molecule has 2 rings (SSSR count). The van der Waals surface area contributed by atoms with Crippen LogP contribution in [0.5, 0.6) is 0 Å². The zero-order valence-corrected chi connectivity index (χ0v) is 14.6. The minimum Gasteiger partial charge on any atom is -0.370 e. The molecule has 1 aromatic rings. The third kappa shape index (κ3) is 6.63. The van der Waals surface area contributed by atoms with Gasteiger partial charge in [-0.05, 0) is 42.5 Å². The van der Waals surface area contributed by atoms with Crippen molar-refractivity contribution in [3.8, 4) is 0 Å². The smallest absolute Gasteiger partial charge is 0.370 e. The van der Waals surface area contributed by atoms with Gasteiger partial charge in [-0.15, -0.1) is 24.0 Å². The SMILES string of the molecule is I.NC(=NCC(=O)NCC(F)(F)F)Nc1ccc2c(c1)CCC2.